The Balaban J connectivity index is 1.62. The van der Waals surface area contributed by atoms with E-state index in [2.05, 4.69) is 45.3 Å². The lowest BCUT2D eigenvalue weighted by atomic mass is 10.1. The van der Waals surface area contributed by atoms with E-state index in [9.17, 15) is 0 Å². The van der Waals surface area contributed by atoms with Crippen molar-refractivity contribution in [3.63, 3.8) is 0 Å². The summed E-state index contributed by atoms with van der Waals surface area (Å²) in [4.78, 5) is 10.7. The molecule has 0 aliphatic carbocycles. The average Bonchev–Trinajstić information content (AvgIpc) is 2.87. The van der Waals surface area contributed by atoms with Crippen LogP contribution in [-0.2, 0) is 6.54 Å². The lowest BCUT2D eigenvalue weighted by molar-refractivity contribution is 0.259. The lowest BCUT2D eigenvalue weighted by Crippen LogP contribution is -2.30. The van der Waals surface area contributed by atoms with Gasteiger partial charge in [0, 0.05) is 36.9 Å². The maximum atomic E-state index is 4.09. The van der Waals surface area contributed by atoms with Crippen LogP contribution in [0.4, 0.5) is 0 Å². The minimum atomic E-state index is 1.09. The number of pyridine rings is 1. The molecule has 0 atom stereocenters. The van der Waals surface area contributed by atoms with Gasteiger partial charge in [0.15, 0.2) is 0 Å². The van der Waals surface area contributed by atoms with Crippen molar-refractivity contribution in [2.24, 2.45) is 0 Å². The van der Waals surface area contributed by atoms with Crippen LogP contribution in [0.1, 0.15) is 18.2 Å². The summed E-state index contributed by atoms with van der Waals surface area (Å²) in [5.74, 6) is 0. The monoisotopic (exact) mass is 301 g/mol. The molecule has 0 radical (unpaired) electrons. The number of rotatable bonds is 4. The molecule has 2 aromatic heterocycles. The first-order valence-corrected chi connectivity index (χ1v) is 8.65. The summed E-state index contributed by atoms with van der Waals surface area (Å²) < 4.78 is 0. The smallest absolute Gasteiger partial charge is 0.0328 e. The van der Waals surface area contributed by atoms with Gasteiger partial charge >= 0.3 is 0 Å². The molecule has 3 nitrogen and oxygen atoms in total. The Morgan fingerprint density at radius 1 is 1.05 bits per heavy atom. The maximum Gasteiger partial charge on any atom is 0.0328 e. The van der Waals surface area contributed by atoms with Crippen molar-refractivity contribution >= 4 is 11.3 Å². The van der Waals surface area contributed by atoms with E-state index in [4.69, 9.17) is 0 Å². The zero-order valence-corrected chi connectivity index (χ0v) is 13.5. The summed E-state index contributed by atoms with van der Waals surface area (Å²) in [6.45, 7) is 9.40. The molecule has 1 fully saturated rings. The number of nitrogens with zero attached hydrogens (tertiary/aromatic N) is 3. The number of aromatic nitrogens is 1. The second-order valence-corrected chi connectivity index (χ2v) is 6.60. The summed E-state index contributed by atoms with van der Waals surface area (Å²) >= 11 is 1.88. The molecule has 0 bridgehead atoms. The molecule has 2 aromatic rings. The molecule has 4 heteroatoms. The van der Waals surface area contributed by atoms with Gasteiger partial charge in [0.05, 0.1) is 0 Å². The Kier molecular flexibility index (Phi) is 5.01. The van der Waals surface area contributed by atoms with Crippen LogP contribution in [0, 0.1) is 0 Å². The number of hydrogen-bond acceptors (Lipinski definition) is 4. The summed E-state index contributed by atoms with van der Waals surface area (Å²) in [5, 5.41) is 2.26. The molecule has 1 saturated heterocycles. The van der Waals surface area contributed by atoms with E-state index >= 15 is 0 Å². The van der Waals surface area contributed by atoms with Crippen molar-refractivity contribution in [3.05, 3.63) is 40.8 Å². The number of thiophene rings is 1. The third-order valence-electron chi connectivity index (χ3n) is 4.18. The fraction of sp³-hybridized carbons (Fsp3) is 0.471. The van der Waals surface area contributed by atoms with Gasteiger partial charge < -0.3 is 4.90 Å². The maximum absolute atomic E-state index is 4.09. The van der Waals surface area contributed by atoms with Crippen LogP contribution in [0.15, 0.2) is 36.0 Å². The standard InChI is InChI=1S/C17H23N3S/c1-2-19-8-3-9-20(11-10-19)13-17-12-16(14-21-17)15-4-6-18-7-5-15/h4-7,12,14H,2-3,8-11,13H2,1H3. The first kappa shape index (κ1) is 14.7. The van der Waals surface area contributed by atoms with Gasteiger partial charge in [0.2, 0.25) is 0 Å². The highest BCUT2D eigenvalue weighted by Gasteiger charge is 2.14. The van der Waals surface area contributed by atoms with Crippen molar-refractivity contribution in [1.82, 2.24) is 14.8 Å². The number of hydrogen-bond donors (Lipinski definition) is 0. The quantitative estimate of drug-likeness (QED) is 0.863. The molecule has 0 spiro atoms. The van der Waals surface area contributed by atoms with Crippen molar-refractivity contribution in [1.29, 1.82) is 0 Å². The minimum Gasteiger partial charge on any atom is -0.302 e. The van der Waals surface area contributed by atoms with Crippen LogP contribution >= 0.6 is 11.3 Å². The van der Waals surface area contributed by atoms with Crippen molar-refractivity contribution in [2.75, 3.05) is 32.7 Å². The fourth-order valence-corrected chi connectivity index (χ4v) is 3.81. The van der Waals surface area contributed by atoms with E-state index in [1.165, 1.54) is 55.1 Å². The Labute approximate surface area is 131 Å². The van der Waals surface area contributed by atoms with Crippen LogP contribution in [0.2, 0.25) is 0 Å². The molecule has 1 aliphatic rings. The molecule has 21 heavy (non-hydrogen) atoms. The highest BCUT2D eigenvalue weighted by atomic mass is 32.1. The van der Waals surface area contributed by atoms with Crippen LogP contribution in [0.25, 0.3) is 11.1 Å². The van der Waals surface area contributed by atoms with Gasteiger partial charge in [-0.25, -0.2) is 0 Å². The summed E-state index contributed by atoms with van der Waals surface area (Å²) in [6, 6.07) is 6.50. The zero-order valence-electron chi connectivity index (χ0n) is 12.7. The topological polar surface area (TPSA) is 19.4 Å². The summed E-state index contributed by atoms with van der Waals surface area (Å²) in [6.07, 6.45) is 5.01. The van der Waals surface area contributed by atoms with E-state index in [0.717, 1.165) is 6.54 Å². The van der Waals surface area contributed by atoms with E-state index < -0.39 is 0 Å². The Morgan fingerprint density at radius 2 is 1.81 bits per heavy atom. The van der Waals surface area contributed by atoms with Crippen molar-refractivity contribution in [2.45, 2.75) is 19.9 Å². The Bertz CT molecular complexity index is 552. The second-order valence-electron chi connectivity index (χ2n) is 5.60. The first-order chi connectivity index (χ1) is 10.3. The van der Waals surface area contributed by atoms with Crippen molar-refractivity contribution < 1.29 is 0 Å². The molecule has 3 rings (SSSR count). The zero-order chi connectivity index (χ0) is 14.5. The second kappa shape index (κ2) is 7.16. The highest BCUT2D eigenvalue weighted by Crippen LogP contribution is 2.26. The molecular formula is C17H23N3S. The molecule has 1 aliphatic heterocycles. The minimum absolute atomic E-state index is 1.09. The molecule has 112 valence electrons. The van der Waals surface area contributed by atoms with Crippen LogP contribution < -0.4 is 0 Å². The fourth-order valence-electron chi connectivity index (χ4n) is 2.88. The normalized spacial score (nSPS) is 17.8. The Hall–Kier alpha value is -1.23. The predicted molar refractivity (Wildman–Crippen MR) is 89.6 cm³/mol. The highest BCUT2D eigenvalue weighted by molar-refractivity contribution is 7.10. The number of likely N-dealkylation sites (N-methyl/N-ethyl adjacent to an activating group) is 1. The van der Waals surface area contributed by atoms with Gasteiger partial charge in [-0.3, -0.25) is 9.88 Å². The Morgan fingerprint density at radius 3 is 2.62 bits per heavy atom. The van der Waals surface area contributed by atoms with Gasteiger partial charge in [0.25, 0.3) is 0 Å². The van der Waals surface area contributed by atoms with Crippen LogP contribution in [-0.4, -0.2) is 47.5 Å². The van der Waals surface area contributed by atoms with E-state index in [-0.39, 0.29) is 0 Å². The summed E-state index contributed by atoms with van der Waals surface area (Å²) in [7, 11) is 0. The largest absolute Gasteiger partial charge is 0.302 e. The van der Waals surface area contributed by atoms with Crippen LogP contribution in [0.3, 0.4) is 0 Å². The van der Waals surface area contributed by atoms with Gasteiger partial charge in [-0.05, 0) is 60.8 Å². The predicted octanol–water partition coefficient (Wildman–Crippen LogP) is 3.34. The molecule has 0 unspecified atom stereocenters. The van der Waals surface area contributed by atoms with Gasteiger partial charge in [-0.2, -0.15) is 0 Å². The lowest BCUT2D eigenvalue weighted by Gasteiger charge is -2.20. The molecule has 0 saturated carbocycles. The molecular weight excluding hydrogens is 278 g/mol. The van der Waals surface area contributed by atoms with Gasteiger partial charge in [-0.15, -0.1) is 11.3 Å². The molecule has 3 heterocycles. The third-order valence-corrected chi connectivity index (χ3v) is 5.10. The van der Waals surface area contributed by atoms with Gasteiger partial charge in [-0.1, -0.05) is 6.92 Å². The average molecular weight is 301 g/mol. The molecule has 0 aromatic carbocycles. The van der Waals surface area contributed by atoms with Crippen molar-refractivity contribution in [3.8, 4) is 11.1 Å². The van der Waals surface area contributed by atoms with E-state index in [0.29, 0.717) is 0 Å². The van der Waals surface area contributed by atoms with Crippen LogP contribution in [0.5, 0.6) is 0 Å². The third kappa shape index (κ3) is 3.90. The molecule has 0 amide bonds. The molecule has 0 N–H and O–H groups in total. The SMILES string of the molecule is CCN1CCCN(Cc2cc(-c3ccncc3)cs2)CC1. The van der Waals surface area contributed by atoms with E-state index in [1.807, 2.05) is 23.7 Å². The van der Waals surface area contributed by atoms with Gasteiger partial charge in [0.1, 0.15) is 0 Å². The summed E-state index contributed by atoms with van der Waals surface area (Å²) in [5.41, 5.74) is 2.59. The van der Waals surface area contributed by atoms with E-state index in [1.54, 1.807) is 0 Å². The first-order valence-electron chi connectivity index (χ1n) is 7.77.